The van der Waals surface area contributed by atoms with Crippen LogP contribution in [-0.4, -0.2) is 57.8 Å². The molecule has 0 bridgehead atoms. The molecule has 1 saturated heterocycles. The van der Waals surface area contributed by atoms with Crippen LogP contribution in [0.5, 0.6) is 0 Å². The number of pyridine rings is 2. The van der Waals surface area contributed by atoms with Gasteiger partial charge in [0.15, 0.2) is 0 Å². The third-order valence-electron chi connectivity index (χ3n) is 5.23. The van der Waals surface area contributed by atoms with Gasteiger partial charge in [-0.05, 0) is 25.0 Å². The van der Waals surface area contributed by atoms with E-state index in [0.29, 0.717) is 25.3 Å². The molecule has 3 atom stereocenters. The van der Waals surface area contributed by atoms with Crippen LogP contribution in [0.2, 0.25) is 0 Å². The lowest BCUT2D eigenvalue weighted by molar-refractivity contribution is -0.0382. The van der Waals surface area contributed by atoms with Gasteiger partial charge < -0.3 is 14.7 Å². The molecule has 1 aliphatic carbocycles. The van der Waals surface area contributed by atoms with Gasteiger partial charge in [-0.1, -0.05) is 6.42 Å². The van der Waals surface area contributed by atoms with Crippen LogP contribution in [0.3, 0.4) is 0 Å². The normalized spacial score (nSPS) is 27.5. The first-order valence-electron chi connectivity index (χ1n) is 8.51. The van der Waals surface area contributed by atoms with Gasteiger partial charge in [-0.2, -0.15) is 0 Å². The third kappa shape index (κ3) is 2.65. The molecule has 1 aliphatic heterocycles. The maximum atomic E-state index is 13.2. The number of nitrogens with zero attached hydrogens (tertiary/aromatic N) is 3. The highest BCUT2D eigenvalue weighted by Crippen LogP contribution is 2.33. The molecule has 1 N–H and O–H groups in total. The highest BCUT2D eigenvalue weighted by atomic mass is 16.5. The molecular weight excluding hydrogens is 306 g/mol. The second-order valence-electron chi connectivity index (χ2n) is 6.55. The second kappa shape index (κ2) is 6.45. The van der Waals surface area contributed by atoms with Crippen LogP contribution >= 0.6 is 0 Å². The predicted octanol–water partition coefficient (Wildman–Crippen LogP) is 1.63. The summed E-state index contributed by atoms with van der Waals surface area (Å²) in [6.07, 6.45) is 7.44. The number of amides is 1. The number of aromatic nitrogens is 2. The quantitative estimate of drug-likeness (QED) is 0.907. The van der Waals surface area contributed by atoms with Crippen molar-refractivity contribution in [1.29, 1.82) is 0 Å². The minimum Gasteiger partial charge on any atom is -0.393 e. The van der Waals surface area contributed by atoms with Gasteiger partial charge in [0.2, 0.25) is 0 Å². The van der Waals surface area contributed by atoms with Gasteiger partial charge in [0.25, 0.3) is 5.91 Å². The summed E-state index contributed by atoms with van der Waals surface area (Å²) in [5, 5.41) is 11.0. The fourth-order valence-corrected chi connectivity index (χ4v) is 3.98. The summed E-state index contributed by atoms with van der Waals surface area (Å²) in [4.78, 5) is 23.5. The summed E-state index contributed by atoms with van der Waals surface area (Å²) in [7, 11) is 0. The van der Waals surface area contributed by atoms with Crippen LogP contribution < -0.4 is 0 Å². The van der Waals surface area contributed by atoms with Crippen LogP contribution in [0, 0.1) is 5.92 Å². The van der Waals surface area contributed by atoms with Crippen molar-refractivity contribution in [2.75, 3.05) is 19.8 Å². The van der Waals surface area contributed by atoms with E-state index in [4.69, 9.17) is 4.74 Å². The predicted molar refractivity (Wildman–Crippen MR) is 88.5 cm³/mol. The Kier molecular flexibility index (Phi) is 4.16. The van der Waals surface area contributed by atoms with Crippen LogP contribution in [-0.2, 0) is 4.74 Å². The number of hydrogen-bond donors (Lipinski definition) is 1. The molecular formula is C18H21N3O3. The fourth-order valence-electron chi connectivity index (χ4n) is 3.98. The maximum absolute atomic E-state index is 13.2. The molecule has 2 aromatic heterocycles. The lowest BCUT2D eigenvalue weighted by atomic mass is 9.93. The number of fused-ring (bicyclic) bond motifs is 1. The summed E-state index contributed by atoms with van der Waals surface area (Å²) in [6.45, 7) is 1.58. The molecule has 6 nitrogen and oxygen atoms in total. The van der Waals surface area contributed by atoms with E-state index in [1.165, 1.54) is 0 Å². The van der Waals surface area contributed by atoms with Crippen LogP contribution in [0.1, 0.15) is 29.6 Å². The SMILES string of the molecule is O=C(c1ccnc2ccncc12)N1CCOC[C@@H]1[C@@H]1CCC[C@H]1O. The van der Waals surface area contributed by atoms with E-state index >= 15 is 0 Å². The highest BCUT2D eigenvalue weighted by molar-refractivity contribution is 6.05. The molecule has 4 rings (SSSR count). The molecule has 126 valence electrons. The number of hydrogen-bond acceptors (Lipinski definition) is 5. The maximum Gasteiger partial charge on any atom is 0.255 e. The number of carbonyl (C=O) groups is 1. The first-order chi connectivity index (χ1) is 11.8. The van der Waals surface area contributed by atoms with E-state index in [1.807, 2.05) is 11.0 Å². The zero-order valence-corrected chi connectivity index (χ0v) is 13.5. The average molecular weight is 327 g/mol. The molecule has 2 aliphatic rings. The summed E-state index contributed by atoms with van der Waals surface area (Å²) in [6, 6.07) is 3.50. The van der Waals surface area contributed by atoms with Crippen LogP contribution in [0.15, 0.2) is 30.7 Å². The topological polar surface area (TPSA) is 75.6 Å². The Balaban J connectivity index is 1.68. The minimum atomic E-state index is -0.345. The molecule has 0 spiro atoms. The average Bonchev–Trinajstić information content (AvgIpc) is 3.06. The third-order valence-corrected chi connectivity index (χ3v) is 5.23. The molecule has 0 aromatic carbocycles. The van der Waals surface area contributed by atoms with E-state index < -0.39 is 0 Å². The van der Waals surface area contributed by atoms with Gasteiger partial charge in [-0.15, -0.1) is 0 Å². The number of aliphatic hydroxyl groups excluding tert-OH is 1. The second-order valence-corrected chi connectivity index (χ2v) is 6.55. The molecule has 24 heavy (non-hydrogen) atoms. The number of morpholine rings is 1. The highest BCUT2D eigenvalue weighted by Gasteiger charge is 2.39. The molecule has 2 aromatic rings. The largest absolute Gasteiger partial charge is 0.393 e. The summed E-state index contributed by atoms with van der Waals surface area (Å²) in [5.74, 6) is 0.0725. The number of rotatable bonds is 2. The van der Waals surface area contributed by atoms with Gasteiger partial charge in [-0.25, -0.2) is 0 Å². The standard InChI is InChI=1S/C18H21N3O3/c22-17-3-1-2-13(17)16-11-24-9-8-21(16)18(23)12-4-7-20-15-5-6-19-10-14(12)15/h4-7,10,13,16-17,22H,1-3,8-9,11H2/t13-,16+,17+/m0/s1. The summed E-state index contributed by atoms with van der Waals surface area (Å²) in [5.41, 5.74) is 1.38. The molecule has 2 fully saturated rings. The molecule has 1 amide bonds. The van der Waals surface area contributed by atoms with Gasteiger partial charge in [0.1, 0.15) is 0 Å². The Hall–Kier alpha value is -2.05. The van der Waals surface area contributed by atoms with E-state index in [0.717, 1.165) is 30.2 Å². The van der Waals surface area contributed by atoms with Crippen molar-refractivity contribution in [2.45, 2.75) is 31.4 Å². The Bertz CT molecular complexity index is 746. The Labute approximate surface area is 140 Å². The van der Waals surface area contributed by atoms with E-state index in [1.54, 1.807) is 24.7 Å². The van der Waals surface area contributed by atoms with Crippen molar-refractivity contribution in [2.24, 2.45) is 5.92 Å². The van der Waals surface area contributed by atoms with Gasteiger partial charge in [-0.3, -0.25) is 14.8 Å². The van der Waals surface area contributed by atoms with E-state index in [2.05, 4.69) is 9.97 Å². The van der Waals surface area contributed by atoms with E-state index in [-0.39, 0.29) is 24.0 Å². The van der Waals surface area contributed by atoms with Crippen LogP contribution in [0.4, 0.5) is 0 Å². The zero-order chi connectivity index (χ0) is 16.5. The first kappa shape index (κ1) is 15.5. The Morgan fingerprint density at radius 3 is 3.04 bits per heavy atom. The Morgan fingerprint density at radius 1 is 1.29 bits per heavy atom. The smallest absolute Gasteiger partial charge is 0.255 e. The van der Waals surface area contributed by atoms with Crippen molar-refractivity contribution in [3.63, 3.8) is 0 Å². The number of aliphatic hydroxyl groups is 1. The van der Waals surface area contributed by atoms with Crippen molar-refractivity contribution in [1.82, 2.24) is 14.9 Å². The monoisotopic (exact) mass is 327 g/mol. The van der Waals surface area contributed by atoms with Gasteiger partial charge in [0.05, 0.1) is 36.4 Å². The van der Waals surface area contributed by atoms with E-state index in [9.17, 15) is 9.90 Å². The summed E-state index contributed by atoms with van der Waals surface area (Å²) < 4.78 is 5.62. The van der Waals surface area contributed by atoms with Gasteiger partial charge >= 0.3 is 0 Å². The minimum absolute atomic E-state index is 0.0252. The Morgan fingerprint density at radius 2 is 2.21 bits per heavy atom. The lowest BCUT2D eigenvalue weighted by Crippen LogP contribution is -2.53. The summed E-state index contributed by atoms with van der Waals surface area (Å²) >= 11 is 0. The van der Waals surface area contributed by atoms with Crippen molar-refractivity contribution in [3.8, 4) is 0 Å². The lowest BCUT2D eigenvalue weighted by Gasteiger charge is -2.40. The number of carbonyl (C=O) groups excluding carboxylic acids is 1. The van der Waals surface area contributed by atoms with Crippen molar-refractivity contribution < 1.29 is 14.6 Å². The van der Waals surface area contributed by atoms with Gasteiger partial charge in [0, 0.05) is 36.4 Å². The number of ether oxygens (including phenoxy) is 1. The van der Waals surface area contributed by atoms with Crippen molar-refractivity contribution >= 4 is 16.8 Å². The van der Waals surface area contributed by atoms with Crippen molar-refractivity contribution in [3.05, 3.63) is 36.3 Å². The molecule has 0 unspecified atom stereocenters. The molecule has 3 heterocycles. The molecule has 1 saturated carbocycles. The molecule has 0 radical (unpaired) electrons. The molecule has 6 heteroatoms. The van der Waals surface area contributed by atoms with Crippen LogP contribution in [0.25, 0.3) is 10.9 Å². The first-order valence-corrected chi connectivity index (χ1v) is 8.51. The zero-order valence-electron chi connectivity index (χ0n) is 13.5. The fraction of sp³-hybridized carbons (Fsp3) is 0.500.